The first kappa shape index (κ1) is 18.2. The van der Waals surface area contributed by atoms with Gasteiger partial charge in [-0.3, -0.25) is 4.68 Å². The Balaban J connectivity index is 1.39. The number of benzene rings is 1. The Bertz CT molecular complexity index is 901. The molecular formula is C20H25N7O. The number of aryl methyl sites for hydroxylation is 2. The molecule has 0 unspecified atom stereocenters. The minimum Gasteiger partial charge on any atom is -0.321 e. The van der Waals surface area contributed by atoms with Crippen molar-refractivity contribution in [2.45, 2.75) is 38.3 Å². The summed E-state index contributed by atoms with van der Waals surface area (Å²) in [4.78, 5) is 14.8. The smallest absolute Gasteiger partial charge is 0.321 e. The number of carbonyl (C=O) groups excluding carboxylic acids is 1. The third-order valence-electron chi connectivity index (χ3n) is 5.24. The van der Waals surface area contributed by atoms with E-state index >= 15 is 0 Å². The zero-order valence-corrected chi connectivity index (χ0v) is 16.0. The van der Waals surface area contributed by atoms with Crippen molar-refractivity contribution in [3.05, 3.63) is 49.1 Å². The summed E-state index contributed by atoms with van der Waals surface area (Å²) in [7, 11) is 1.91. The molecule has 0 bridgehead atoms. The average molecular weight is 379 g/mol. The SMILES string of the molecule is Cn1cnnc1-c1ccc(NC(=O)N2CCCC[C@H]2CCn2cccn2)cc1. The minimum absolute atomic E-state index is 0.0310. The van der Waals surface area contributed by atoms with Gasteiger partial charge >= 0.3 is 6.03 Å². The Morgan fingerprint density at radius 2 is 2.11 bits per heavy atom. The number of likely N-dealkylation sites (tertiary alicyclic amines) is 1. The van der Waals surface area contributed by atoms with Gasteiger partial charge in [0.05, 0.1) is 0 Å². The Morgan fingerprint density at radius 1 is 1.25 bits per heavy atom. The molecule has 1 fully saturated rings. The molecule has 0 radical (unpaired) electrons. The largest absolute Gasteiger partial charge is 0.322 e. The fourth-order valence-corrected chi connectivity index (χ4v) is 3.72. The molecule has 146 valence electrons. The molecule has 1 aliphatic heterocycles. The lowest BCUT2D eigenvalue weighted by Crippen LogP contribution is -2.46. The number of hydrogen-bond acceptors (Lipinski definition) is 4. The topological polar surface area (TPSA) is 80.9 Å². The highest BCUT2D eigenvalue weighted by molar-refractivity contribution is 5.89. The predicted octanol–water partition coefficient (Wildman–Crippen LogP) is 3.16. The summed E-state index contributed by atoms with van der Waals surface area (Å²) in [6, 6.07) is 9.86. The average Bonchev–Trinajstić information content (AvgIpc) is 3.39. The van der Waals surface area contributed by atoms with Crippen LogP contribution in [-0.2, 0) is 13.6 Å². The Morgan fingerprint density at radius 3 is 2.82 bits per heavy atom. The third-order valence-corrected chi connectivity index (χ3v) is 5.24. The molecular weight excluding hydrogens is 354 g/mol. The second-order valence-corrected chi connectivity index (χ2v) is 7.17. The maximum Gasteiger partial charge on any atom is 0.322 e. The van der Waals surface area contributed by atoms with Gasteiger partial charge < -0.3 is 14.8 Å². The zero-order chi connectivity index (χ0) is 19.3. The lowest BCUT2D eigenvalue weighted by atomic mass is 10.00. The van der Waals surface area contributed by atoms with Crippen molar-refractivity contribution < 1.29 is 4.79 Å². The van der Waals surface area contributed by atoms with Crippen LogP contribution in [0.4, 0.5) is 10.5 Å². The second kappa shape index (κ2) is 8.24. The van der Waals surface area contributed by atoms with Crippen LogP contribution in [0.5, 0.6) is 0 Å². The molecule has 1 saturated heterocycles. The van der Waals surface area contributed by atoms with Gasteiger partial charge in [0.15, 0.2) is 5.82 Å². The van der Waals surface area contributed by atoms with Gasteiger partial charge in [-0.15, -0.1) is 10.2 Å². The van der Waals surface area contributed by atoms with Crippen LogP contribution in [0.25, 0.3) is 11.4 Å². The molecule has 28 heavy (non-hydrogen) atoms. The molecule has 4 rings (SSSR count). The van der Waals surface area contributed by atoms with Crippen LogP contribution < -0.4 is 5.32 Å². The van der Waals surface area contributed by atoms with Gasteiger partial charge in [0.1, 0.15) is 6.33 Å². The van der Waals surface area contributed by atoms with Crippen molar-refractivity contribution in [2.24, 2.45) is 7.05 Å². The van der Waals surface area contributed by atoms with E-state index in [1.165, 1.54) is 6.42 Å². The van der Waals surface area contributed by atoms with E-state index in [-0.39, 0.29) is 12.1 Å². The second-order valence-electron chi connectivity index (χ2n) is 7.17. The van der Waals surface area contributed by atoms with Crippen LogP contribution in [-0.4, -0.2) is 48.1 Å². The summed E-state index contributed by atoms with van der Waals surface area (Å²) in [6.45, 7) is 1.63. The van der Waals surface area contributed by atoms with Crippen molar-refractivity contribution in [3.8, 4) is 11.4 Å². The quantitative estimate of drug-likeness (QED) is 0.738. The zero-order valence-electron chi connectivity index (χ0n) is 16.0. The van der Waals surface area contributed by atoms with E-state index in [2.05, 4.69) is 20.6 Å². The van der Waals surface area contributed by atoms with Crippen molar-refractivity contribution in [1.82, 2.24) is 29.4 Å². The highest BCUT2D eigenvalue weighted by Gasteiger charge is 2.26. The van der Waals surface area contributed by atoms with E-state index in [1.54, 1.807) is 12.5 Å². The standard InChI is InChI=1S/C20H25N7O/c1-25-15-21-24-19(25)16-6-8-17(9-7-16)23-20(28)27-13-3-2-5-18(27)10-14-26-12-4-11-22-26/h4,6-9,11-12,15,18H,2-3,5,10,13-14H2,1H3,(H,23,28)/t18-/m0/s1. The molecule has 1 aromatic carbocycles. The first-order valence-corrected chi connectivity index (χ1v) is 9.70. The molecule has 1 aliphatic rings. The highest BCUT2D eigenvalue weighted by Crippen LogP contribution is 2.23. The molecule has 0 spiro atoms. The summed E-state index contributed by atoms with van der Waals surface area (Å²) in [5.41, 5.74) is 1.75. The highest BCUT2D eigenvalue weighted by atomic mass is 16.2. The molecule has 1 atom stereocenters. The number of rotatable bonds is 5. The summed E-state index contributed by atoms with van der Waals surface area (Å²) >= 11 is 0. The summed E-state index contributed by atoms with van der Waals surface area (Å²) < 4.78 is 3.79. The van der Waals surface area contributed by atoms with Crippen molar-refractivity contribution >= 4 is 11.7 Å². The molecule has 3 aromatic rings. The van der Waals surface area contributed by atoms with E-state index in [0.717, 1.165) is 49.4 Å². The van der Waals surface area contributed by atoms with Gasteiger partial charge in [-0.05, 0) is 56.0 Å². The number of piperidine rings is 1. The maximum absolute atomic E-state index is 12.9. The molecule has 2 aromatic heterocycles. The third kappa shape index (κ3) is 4.05. The van der Waals surface area contributed by atoms with Crippen molar-refractivity contribution in [1.29, 1.82) is 0 Å². The van der Waals surface area contributed by atoms with E-state index in [9.17, 15) is 4.79 Å². The van der Waals surface area contributed by atoms with Gasteiger partial charge in [-0.2, -0.15) is 5.10 Å². The van der Waals surface area contributed by atoms with Crippen LogP contribution in [0.3, 0.4) is 0 Å². The summed E-state index contributed by atoms with van der Waals surface area (Å²) in [5, 5.41) is 15.3. The predicted molar refractivity (Wildman–Crippen MR) is 107 cm³/mol. The Labute approximate surface area is 164 Å². The molecule has 8 heteroatoms. The van der Waals surface area contributed by atoms with Crippen LogP contribution in [0.2, 0.25) is 0 Å². The lowest BCUT2D eigenvalue weighted by molar-refractivity contribution is 0.154. The Kier molecular flexibility index (Phi) is 5.36. The van der Waals surface area contributed by atoms with E-state index < -0.39 is 0 Å². The maximum atomic E-state index is 12.9. The minimum atomic E-state index is -0.0310. The van der Waals surface area contributed by atoms with E-state index in [4.69, 9.17) is 0 Å². The van der Waals surface area contributed by atoms with Crippen LogP contribution in [0, 0.1) is 0 Å². The first-order valence-electron chi connectivity index (χ1n) is 9.70. The monoisotopic (exact) mass is 379 g/mol. The summed E-state index contributed by atoms with van der Waals surface area (Å²) in [5.74, 6) is 0.799. The number of anilines is 1. The van der Waals surface area contributed by atoms with Crippen molar-refractivity contribution in [3.63, 3.8) is 0 Å². The van der Waals surface area contributed by atoms with Crippen LogP contribution in [0.15, 0.2) is 49.1 Å². The number of hydrogen-bond donors (Lipinski definition) is 1. The first-order chi connectivity index (χ1) is 13.7. The van der Waals surface area contributed by atoms with Gasteiger partial charge in [0.2, 0.25) is 0 Å². The number of amides is 2. The van der Waals surface area contributed by atoms with Gasteiger partial charge in [0.25, 0.3) is 0 Å². The van der Waals surface area contributed by atoms with Gasteiger partial charge in [-0.25, -0.2) is 4.79 Å². The van der Waals surface area contributed by atoms with E-state index in [0.29, 0.717) is 0 Å². The molecule has 8 nitrogen and oxygen atoms in total. The van der Waals surface area contributed by atoms with Gasteiger partial charge in [0, 0.05) is 49.8 Å². The molecule has 0 saturated carbocycles. The lowest BCUT2D eigenvalue weighted by Gasteiger charge is -2.35. The number of carbonyl (C=O) groups is 1. The number of urea groups is 1. The number of nitrogens with zero attached hydrogens (tertiary/aromatic N) is 6. The van der Waals surface area contributed by atoms with Crippen LogP contribution in [0.1, 0.15) is 25.7 Å². The molecule has 2 amide bonds. The fourth-order valence-electron chi connectivity index (χ4n) is 3.72. The Hall–Kier alpha value is -3.16. The molecule has 0 aliphatic carbocycles. The van der Waals surface area contributed by atoms with Crippen molar-refractivity contribution in [2.75, 3.05) is 11.9 Å². The molecule has 1 N–H and O–H groups in total. The number of aromatic nitrogens is 5. The van der Waals surface area contributed by atoms with E-state index in [1.807, 2.05) is 57.7 Å². The summed E-state index contributed by atoms with van der Waals surface area (Å²) in [6.07, 6.45) is 9.60. The number of nitrogens with one attached hydrogen (secondary N) is 1. The van der Waals surface area contributed by atoms with Gasteiger partial charge in [-0.1, -0.05) is 0 Å². The van der Waals surface area contributed by atoms with Crippen LogP contribution >= 0.6 is 0 Å². The fraction of sp³-hybridized carbons (Fsp3) is 0.400. The molecule has 3 heterocycles. The normalized spacial score (nSPS) is 16.9.